The van der Waals surface area contributed by atoms with Gasteiger partial charge in [-0.05, 0) is 42.3 Å². The third-order valence-corrected chi connectivity index (χ3v) is 5.24. The number of hydrogen-bond acceptors (Lipinski definition) is 4. The van der Waals surface area contributed by atoms with Crippen molar-refractivity contribution in [3.8, 4) is 5.75 Å². The smallest absolute Gasteiger partial charge is 0.438 e. The number of hydrogen-bond donors (Lipinski definition) is 1. The molecule has 0 saturated carbocycles. The maximum Gasteiger partial charge on any atom is 0.438 e. The molecule has 0 radical (unpaired) electrons. The molecule has 154 valence electrons. The summed E-state index contributed by atoms with van der Waals surface area (Å²) in [6.07, 6.45) is -6.01. The van der Waals surface area contributed by atoms with Crippen molar-refractivity contribution in [3.05, 3.63) is 63.1 Å². The van der Waals surface area contributed by atoms with E-state index in [1.165, 1.54) is 12.1 Å². The van der Waals surface area contributed by atoms with E-state index in [4.69, 9.17) is 16.3 Å². The Labute approximate surface area is 177 Å². The van der Waals surface area contributed by atoms with Gasteiger partial charge in [0.2, 0.25) is 0 Å². The minimum Gasteiger partial charge on any atom is -0.484 e. The quantitative estimate of drug-likeness (QED) is 0.676. The molecular weight excluding hydrogens is 477 g/mol. The van der Waals surface area contributed by atoms with Gasteiger partial charge in [-0.25, -0.2) is 0 Å². The van der Waals surface area contributed by atoms with Gasteiger partial charge >= 0.3 is 6.18 Å². The number of alkyl halides is 3. The van der Waals surface area contributed by atoms with Gasteiger partial charge in [0.15, 0.2) is 6.61 Å². The second kappa shape index (κ2) is 7.97. The van der Waals surface area contributed by atoms with Gasteiger partial charge in [0, 0.05) is 9.50 Å². The van der Waals surface area contributed by atoms with Crippen molar-refractivity contribution < 1.29 is 27.8 Å². The zero-order valence-electron chi connectivity index (χ0n) is 15.0. The first-order chi connectivity index (χ1) is 13.5. The lowest BCUT2D eigenvalue weighted by Crippen LogP contribution is -2.57. The van der Waals surface area contributed by atoms with E-state index in [1.54, 1.807) is 37.3 Å². The van der Waals surface area contributed by atoms with Crippen LogP contribution in [0.2, 0.25) is 5.02 Å². The Bertz CT molecular complexity index is 983. The molecule has 1 heterocycles. The lowest BCUT2D eigenvalue weighted by Gasteiger charge is -2.32. The molecule has 1 atom stereocenters. The van der Waals surface area contributed by atoms with Gasteiger partial charge < -0.3 is 9.84 Å². The van der Waals surface area contributed by atoms with Crippen LogP contribution < -0.4 is 4.74 Å². The highest BCUT2D eigenvalue weighted by Gasteiger charge is 2.63. The molecule has 3 rings (SSSR count). The van der Waals surface area contributed by atoms with Gasteiger partial charge in [-0.3, -0.25) is 4.79 Å². The minimum absolute atomic E-state index is 0.0407. The van der Waals surface area contributed by atoms with E-state index < -0.39 is 30.8 Å². The predicted octanol–water partition coefficient (Wildman–Crippen LogP) is 4.68. The molecule has 0 spiro atoms. The van der Waals surface area contributed by atoms with Crippen LogP contribution in [-0.2, 0) is 4.79 Å². The molecule has 10 heteroatoms. The second-order valence-corrected chi connectivity index (χ2v) is 7.78. The van der Waals surface area contributed by atoms with Crippen LogP contribution in [0, 0.1) is 6.92 Å². The lowest BCUT2D eigenvalue weighted by molar-refractivity contribution is -0.302. The monoisotopic (exact) mass is 490 g/mol. The molecule has 1 aliphatic heterocycles. The number of ether oxygens (including phenoxy) is 1. The minimum atomic E-state index is -5.12. The van der Waals surface area contributed by atoms with E-state index in [2.05, 4.69) is 21.0 Å². The van der Waals surface area contributed by atoms with E-state index in [-0.39, 0.29) is 16.5 Å². The Hall–Kier alpha value is -2.10. The number of aryl methyl sites for hydroxylation is 1. The fourth-order valence-electron chi connectivity index (χ4n) is 2.73. The van der Waals surface area contributed by atoms with E-state index in [9.17, 15) is 23.1 Å². The average Bonchev–Trinajstić information content (AvgIpc) is 3.01. The Morgan fingerprint density at radius 1 is 1.34 bits per heavy atom. The number of aliphatic hydroxyl groups is 1. The molecule has 0 aromatic heterocycles. The van der Waals surface area contributed by atoms with Crippen LogP contribution in [-0.4, -0.2) is 40.2 Å². The van der Waals surface area contributed by atoms with Gasteiger partial charge in [0.05, 0.1) is 12.1 Å². The van der Waals surface area contributed by atoms with Gasteiger partial charge in [-0.1, -0.05) is 45.7 Å². The molecule has 29 heavy (non-hydrogen) atoms. The number of nitrogens with zero attached hydrogens (tertiary/aromatic N) is 2. The van der Waals surface area contributed by atoms with Crippen LogP contribution in [0.5, 0.6) is 5.75 Å². The number of amides is 1. The standard InChI is InChI=1S/C19H15BrClF3N2O3/c1-11-5-6-14(8-15(11)21)29-10-17(27)26-18(28,19(22,23)24)9-16(25-26)12-3-2-4-13(20)7-12/h2-8,28H,9-10H2,1H3. The summed E-state index contributed by atoms with van der Waals surface area (Å²) in [7, 11) is 0. The number of hydrazone groups is 1. The molecule has 0 saturated heterocycles. The Morgan fingerprint density at radius 3 is 2.69 bits per heavy atom. The lowest BCUT2D eigenvalue weighted by atomic mass is 10.0. The van der Waals surface area contributed by atoms with E-state index in [1.807, 2.05) is 0 Å². The summed E-state index contributed by atoms with van der Waals surface area (Å²) in [6.45, 7) is 1.01. The van der Waals surface area contributed by atoms with Crippen molar-refractivity contribution in [2.45, 2.75) is 25.2 Å². The maximum absolute atomic E-state index is 13.6. The molecule has 0 fully saturated rings. The van der Waals surface area contributed by atoms with Gasteiger partial charge in [0.1, 0.15) is 5.75 Å². The number of benzene rings is 2. The van der Waals surface area contributed by atoms with Crippen LogP contribution in [0.25, 0.3) is 0 Å². The first kappa shape index (κ1) is 21.6. The topological polar surface area (TPSA) is 62.1 Å². The number of halogens is 5. The average molecular weight is 492 g/mol. The molecule has 0 aliphatic carbocycles. The van der Waals surface area contributed by atoms with Crippen molar-refractivity contribution in [1.82, 2.24) is 5.01 Å². The van der Waals surface area contributed by atoms with Crippen molar-refractivity contribution in [2.75, 3.05) is 6.61 Å². The largest absolute Gasteiger partial charge is 0.484 e. The highest BCUT2D eigenvalue weighted by molar-refractivity contribution is 9.10. The zero-order valence-corrected chi connectivity index (χ0v) is 17.3. The molecule has 1 N–H and O–H groups in total. The third-order valence-electron chi connectivity index (χ3n) is 4.34. The summed E-state index contributed by atoms with van der Waals surface area (Å²) >= 11 is 9.20. The number of rotatable bonds is 4. The van der Waals surface area contributed by atoms with Crippen LogP contribution in [0.4, 0.5) is 13.2 Å². The fourth-order valence-corrected chi connectivity index (χ4v) is 3.30. The predicted molar refractivity (Wildman–Crippen MR) is 105 cm³/mol. The second-order valence-electron chi connectivity index (χ2n) is 6.45. The molecule has 2 aromatic carbocycles. The first-order valence-corrected chi connectivity index (χ1v) is 9.53. The van der Waals surface area contributed by atoms with Crippen LogP contribution in [0.15, 0.2) is 52.0 Å². The SMILES string of the molecule is Cc1ccc(OCC(=O)N2N=C(c3cccc(Br)c3)CC2(O)C(F)(F)F)cc1Cl. The highest BCUT2D eigenvalue weighted by Crippen LogP contribution is 2.41. The van der Waals surface area contributed by atoms with Crippen molar-refractivity contribution in [2.24, 2.45) is 5.10 Å². The van der Waals surface area contributed by atoms with Crippen molar-refractivity contribution in [1.29, 1.82) is 0 Å². The van der Waals surface area contributed by atoms with E-state index in [0.29, 0.717) is 15.1 Å². The Morgan fingerprint density at radius 2 is 2.07 bits per heavy atom. The molecular formula is C19H15BrClF3N2O3. The van der Waals surface area contributed by atoms with E-state index >= 15 is 0 Å². The zero-order chi connectivity index (χ0) is 21.4. The Kier molecular flexibility index (Phi) is 5.93. The summed E-state index contributed by atoms with van der Waals surface area (Å²) in [5.74, 6) is -0.939. The van der Waals surface area contributed by atoms with Crippen LogP contribution in [0.3, 0.4) is 0 Å². The highest BCUT2D eigenvalue weighted by atomic mass is 79.9. The summed E-state index contributed by atoms with van der Waals surface area (Å²) in [4.78, 5) is 12.5. The normalized spacial score (nSPS) is 19.3. The Balaban J connectivity index is 1.85. The maximum atomic E-state index is 13.6. The third kappa shape index (κ3) is 4.41. The van der Waals surface area contributed by atoms with Crippen molar-refractivity contribution >= 4 is 39.1 Å². The summed E-state index contributed by atoms with van der Waals surface area (Å²) in [6, 6.07) is 11.0. The molecule has 5 nitrogen and oxygen atoms in total. The number of carbonyl (C=O) groups is 1. The van der Waals surface area contributed by atoms with Gasteiger partial charge in [0.25, 0.3) is 11.6 Å². The summed E-state index contributed by atoms with van der Waals surface area (Å²) in [5, 5.41) is 14.5. The van der Waals surface area contributed by atoms with E-state index in [0.717, 1.165) is 5.56 Å². The van der Waals surface area contributed by atoms with Crippen molar-refractivity contribution in [3.63, 3.8) is 0 Å². The summed E-state index contributed by atoms with van der Waals surface area (Å²) < 4.78 is 46.7. The van der Waals surface area contributed by atoms with Gasteiger partial charge in [-0.15, -0.1) is 0 Å². The molecule has 2 aromatic rings. The van der Waals surface area contributed by atoms with Crippen LogP contribution in [0.1, 0.15) is 17.5 Å². The van der Waals surface area contributed by atoms with Gasteiger partial charge in [-0.2, -0.15) is 23.3 Å². The molecule has 0 bridgehead atoms. The fraction of sp³-hybridized carbons (Fsp3) is 0.263. The molecule has 1 amide bonds. The number of carbonyl (C=O) groups excluding carboxylic acids is 1. The van der Waals surface area contributed by atoms with Crippen LogP contribution >= 0.6 is 27.5 Å². The molecule has 1 unspecified atom stereocenters. The first-order valence-electron chi connectivity index (χ1n) is 8.36. The molecule has 1 aliphatic rings. The summed E-state index contributed by atoms with van der Waals surface area (Å²) in [5.41, 5.74) is -2.41.